The Morgan fingerprint density at radius 2 is 2.16 bits per heavy atom. The minimum Gasteiger partial charge on any atom is -0.508 e. The standard InChI is InChI=1S/C14H17N3O2/c1-3-11-8-12(17(2)16-11)14(19)15-9-10-6-4-5-7-13(10)18/h4-8,18H,3,9H2,1-2H3,(H,15,19). The summed E-state index contributed by atoms with van der Waals surface area (Å²) in [5, 5.41) is 16.6. The van der Waals surface area contributed by atoms with Gasteiger partial charge in [0.2, 0.25) is 0 Å². The summed E-state index contributed by atoms with van der Waals surface area (Å²) < 4.78 is 1.57. The predicted octanol–water partition coefficient (Wildman–Crippen LogP) is 1.62. The fourth-order valence-corrected chi connectivity index (χ4v) is 1.84. The normalized spacial score (nSPS) is 10.4. The maximum atomic E-state index is 12.0. The molecule has 2 N–H and O–H groups in total. The number of hydrogen-bond acceptors (Lipinski definition) is 3. The molecule has 0 unspecified atom stereocenters. The van der Waals surface area contributed by atoms with Gasteiger partial charge in [-0.3, -0.25) is 9.48 Å². The van der Waals surface area contributed by atoms with Crippen molar-refractivity contribution in [1.29, 1.82) is 0 Å². The van der Waals surface area contributed by atoms with Gasteiger partial charge in [0, 0.05) is 19.2 Å². The molecule has 0 fully saturated rings. The number of carbonyl (C=O) groups is 1. The molecule has 0 aliphatic carbocycles. The molecule has 0 spiro atoms. The number of phenols is 1. The lowest BCUT2D eigenvalue weighted by molar-refractivity contribution is 0.0941. The molecule has 0 saturated carbocycles. The molecule has 0 aliphatic rings. The van der Waals surface area contributed by atoms with Gasteiger partial charge in [0.1, 0.15) is 11.4 Å². The molecule has 1 aromatic heterocycles. The van der Waals surface area contributed by atoms with Crippen molar-refractivity contribution < 1.29 is 9.90 Å². The van der Waals surface area contributed by atoms with Gasteiger partial charge in [-0.15, -0.1) is 0 Å². The summed E-state index contributed by atoms with van der Waals surface area (Å²) in [6, 6.07) is 8.72. The van der Waals surface area contributed by atoms with E-state index in [-0.39, 0.29) is 18.2 Å². The smallest absolute Gasteiger partial charge is 0.269 e. The third-order valence-electron chi connectivity index (χ3n) is 2.96. The van der Waals surface area contributed by atoms with Crippen molar-refractivity contribution in [2.45, 2.75) is 19.9 Å². The van der Waals surface area contributed by atoms with Gasteiger partial charge in [0.05, 0.1) is 5.69 Å². The first-order valence-corrected chi connectivity index (χ1v) is 6.19. The van der Waals surface area contributed by atoms with E-state index < -0.39 is 0 Å². The molecular formula is C14H17N3O2. The molecule has 1 heterocycles. The SMILES string of the molecule is CCc1cc(C(=O)NCc2ccccc2O)n(C)n1. The molecule has 0 atom stereocenters. The van der Waals surface area contributed by atoms with Gasteiger partial charge in [0.25, 0.3) is 5.91 Å². The zero-order chi connectivity index (χ0) is 13.8. The first-order chi connectivity index (χ1) is 9.11. The van der Waals surface area contributed by atoms with Crippen LogP contribution in [0, 0.1) is 0 Å². The number of amides is 1. The number of aromatic nitrogens is 2. The van der Waals surface area contributed by atoms with Gasteiger partial charge in [-0.05, 0) is 18.6 Å². The summed E-state index contributed by atoms with van der Waals surface area (Å²) in [7, 11) is 1.74. The summed E-state index contributed by atoms with van der Waals surface area (Å²) in [6.07, 6.45) is 0.792. The number of carbonyl (C=O) groups excluding carboxylic acids is 1. The molecule has 2 rings (SSSR count). The van der Waals surface area contributed by atoms with E-state index in [1.165, 1.54) is 0 Å². The minimum atomic E-state index is -0.196. The van der Waals surface area contributed by atoms with Crippen LogP contribution in [-0.2, 0) is 20.0 Å². The van der Waals surface area contributed by atoms with Crippen LogP contribution in [0.15, 0.2) is 30.3 Å². The number of nitrogens with zero attached hydrogens (tertiary/aromatic N) is 2. The fraction of sp³-hybridized carbons (Fsp3) is 0.286. The third-order valence-corrected chi connectivity index (χ3v) is 2.96. The maximum Gasteiger partial charge on any atom is 0.269 e. The van der Waals surface area contributed by atoms with Crippen LogP contribution in [0.4, 0.5) is 0 Å². The highest BCUT2D eigenvalue weighted by molar-refractivity contribution is 5.92. The number of benzene rings is 1. The summed E-state index contributed by atoms with van der Waals surface area (Å²) in [5.41, 5.74) is 2.09. The second-order valence-corrected chi connectivity index (χ2v) is 4.31. The second-order valence-electron chi connectivity index (χ2n) is 4.31. The summed E-state index contributed by atoms with van der Waals surface area (Å²) in [4.78, 5) is 12.0. The number of aromatic hydroxyl groups is 1. The van der Waals surface area contributed by atoms with Crippen LogP contribution >= 0.6 is 0 Å². The third kappa shape index (κ3) is 2.93. The van der Waals surface area contributed by atoms with Gasteiger partial charge < -0.3 is 10.4 Å². The molecule has 1 aromatic carbocycles. The number of rotatable bonds is 4. The van der Waals surface area contributed by atoms with Crippen molar-refractivity contribution in [2.75, 3.05) is 0 Å². The molecule has 5 heteroatoms. The van der Waals surface area contributed by atoms with Crippen molar-refractivity contribution in [3.05, 3.63) is 47.3 Å². The lowest BCUT2D eigenvalue weighted by Gasteiger charge is -2.06. The Balaban J connectivity index is 2.05. The molecule has 0 saturated heterocycles. The van der Waals surface area contributed by atoms with Crippen molar-refractivity contribution in [3.8, 4) is 5.75 Å². The topological polar surface area (TPSA) is 67.2 Å². The van der Waals surface area contributed by atoms with E-state index in [2.05, 4.69) is 10.4 Å². The predicted molar refractivity (Wildman–Crippen MR) is 71.9 cm³/mol. The summed E-state index contributed by atoms with van der Waals surface area (Å²) in [5.74, 6) is -0.0139. The molecule has 100 valence electrons. The molecule has 0 bridgehead atoms. The Hall–Kier alpha value is -2.30. The quantitative estimate of drug-likeness (QED) is 0.876. The van der Waals surface area contributed by atoms with E-state index >= 15 is 0 Å². The van der Waals surface area contributed by atoms with Gasteiger partial charge in [0.15, 0.2) is 0 Å². The Morgan fingerprint density at radius 3 is 2.79 bits per heavy atom. The van der Waals surface area contributed by atoms with Crippen molar-refractivity contribution in [2.24, 2.45) is 7.05 Å². The van der Waals surface area contributed by atoms with Crippen molar-refractivity contribution in [3.63, 3.8) is 0 Å². The molecule has 5 nitrogen and oxygen atoms in total. The number of nitrogens with one attached hydrogen (secondary N) is 1. The Bertz CT molecular complexity index is 590. The van der Waals surface area contributed by atoms with Crippen molar-refractivity contribution in [1.82, 2.24) is 15.1 Å². The summed E-state index contributed by atoms with van der Waals surface area (Å²) in [6.45, 7) is 2.28. The van der Waals surface area contributed by atoms with Gasteiger partial charge in [-0.25, -0.2) is 0 Å². The van der Waals surface area contributed by atoms with Gasteiger partial charge in [-0.1, -0.05) is 25.1 Å². The molecule has 19 heavy (non-hydrogen) atoms. The minimum absolute atomic E-state index is 0.182. The van der Waals surface area contributed by atoms with Crippen molar-refractivity contribution >= 4 is 5.91 Å². The number of phenolic OH excluding ortho intramolecular Hbond substituents is 1. The highest BCUT2D eigenvalue weighted by atomic mass is 16.3. The summed E-state index contributed by atoms with van der Waals surface area (Å²) >= 11 is 0. The monoisotopic (exact) mass is 259 g/mol. The average molecular weight is 259 g/mol. The lowest BCUT2D eigenvalue weighted by atomic mass is 10.2. The zero-order valence-electron chi connectivity index (χ0n) is 11.1. The van der Waals surface area contributed by atoms with E-state index in [9.17, 15) is 9.90 Å². The molecule has 0 radical (unpaired) electrons. The first kappa shape index (κ1) is 13.1. The fourth-order valence-electron chi connectivity index (χ4n) is 1.84. The maximum absolute atomic E-state index is 12.0. The largest absolute Gasteiger partial charge is 0.508 e. The van der Waals surface area contributed by atoms with E-state index in [1.54, 1.807) is 36.0 Å². The van der Waals surface area contributed by atoms with E-state index in [4.69, 9.17) is 0 Å². The van der Waals surface area contributed by atoms with Crippen LogP contribution in [0.25, 0.3) is 0 Å². The number of hydrogen-bond donors (Lipinski definition) is 2. The number of aryl methyl sites for hydroxylation is 2. The van der Waals surface area contributed by atoms with Gasteiger partial charge in [-0.2, -0.15) is 5.10 Å². The van der Waals surface area contributed by atoms with Crippen LogP contribution in [0.5, 0.6) is 5.75 Å². The highest BCUT2D eigenvalue weighted by Crippen LogP contribution is 2.15. The lowest BCUT2D eigenvalue weighted by Crippen LogP contribution is -2.25. The van der Waals surface area contributed by atoms with Crippen LogP contribution in [0.3, 0.4) is 0 Å². The highest BCUT2D eigenvalue weighted by Gasteiger charge is 2.12. The molecule has 1 amide bonds. The Morgan fingerprint density at radius 1 is 1.42 bits per heavy atom. The number of para-hydroxylation sites is 1. The van der Waals surface area contributed by atoms with Crippen LogP contribution in [0.1, 0.15) is 28.7 Å². The zero-order valence-corrected chi connectivity index (χ0v) is 11.1. The van der Waals surface area contributed by atoms with E-state index in [1.807, 2.05) is 13.0 Å². The first-order valence-electron chi connectivity index (χ1n) is 6.19. The Kier molecular flexibility index (Phi) is 3.85. The van der Waals surface area contributed by atoms with Crippen LogP contribution < -0.4 is 5.32 Å². The molecule has 2 aromatic rings. The average Bonchev–Trinajstić information content (AvgIpc) is 2.79. The second kappa shape index (κ2) is 5.56. The molecular weight excluding hydrogens is 242 g/mol. The van der Waals surface area contributed by atoms with E-state index in [0.717, 1.165) is 12.1 Å². The molecule has 0 aliphatic heterocycles. The van der Waals surface area contributed by atoms with Gasteiger partial charge >= 0.3 is 0 Å². The Labute approximate surface area is 111 Å². The van der Waals surface area contributed by atoms with E-state index in [0.29, 0.717) is 11.3 Å². The van der Waals surface area contributed by atoms with Crippen LogP contribution in [0.2, 0.25) is 0 Å². The van der Waals surface area contributed by atoms with Crippen LogP contribution in [-0.4, -0.2) is 20.8 Å².